The van der Waals surface area contributed by atoms with E-state index in [2.05, 4.69) is 0 Å². The van der Waals surface area contributed by atoms with Crippen LogP contribution in [0.3, 0.4) is 0 Å². The summed E-state index contributed by atoms with van der Waals surface area (Å²) >= 11 is 0. The summed E-state index contributed by atoms with van der Waals surface area (Å²) in [6.45, 7) is 6.57. The molecule has 2 nitrogen and oxygen atoms in total. The van der Waals surface area contributed by atoms with Crippen LogP contribution in [0.1, 0.15) is 43.6 Å². The topological polar surface area (TPSA) is 20.3 Å². The number of hydrogen-bond donors (Lipinski definition) is 0. The molecule has 0 N–H and O–H groups in total. The van der Waals surface area contributed by atoms with E-state index >= 15 is 0 Å². The van der Waals surface area contributed by atoms with E-state index in [0.29, 0.717) is 12.0 Å². The van der Waals surface area contributed by atoms with Gasteiger partial charge in [-0.2, -0.15) is 5.12 Å². The van der Waals surface area contributed by atoms with Gasteiger partial charge in [-0.15, -0.1) is 0 Å². The molecule has 0 aliphatic rings. The first kappa shape index (κ1) is 13.6. The van der Waals surface area contributed by atoms with Crippen LogP contribution >= 0.6 is 0 Å². The number of hydrogen-bond acceptors (Lipinski definition) is 1. The highest BCUT2D eigenvalue weighted by Crippen LogP contribution is 2.21. The normalized spacial score (nSPS) is 11.4. The predicted molar refractivity (Wildman–Crippen MR) is 62.8 cm³/mol. The van der Waals surface area contributed by atoms with Crippen LogP contribution in [-0.4, -0.2) is 16.6 Å². The van der Waals surface area contributed by atoms with Crippen molar-refractivity contribution < 1.29 is 13.7 Å². The molecule has 4 heteroatoms. The lowest BCUT2D eigenvalue weighted by Gasteiger charge is -2.27. The number of aryl methyl sites for hydroxylation is 1. The molecular weight excluding hydrogens is 224 g/mol. The Kier molecular flexibility index (Phi) is 3.86. The molecule has 1 aromatic carbocycles. The maximum atomic E-state index is 13.8. The number of benzene rings is 1. The number of carbonyl (C=O) groups is 1. The van der Waals surface area contributed by atoms with Gasteiger partial charge in [0.1, 0.15) is 5.82 Å². The van der Waals surface area contributed by atoms with E-state index in [4.69, 9.17) is 0 Å². The lowest BCUT2D eigenvalue weighted by atomic mass is 10.0. The molecule has 0 saturated heterocycles. The van der Waals surface area contributed by atoms with Gasteiger partial charge in [-0.1, -0.05) is 17.5 Å². The first-order chi connectivity index (χ1) is 7.77. The third-order valence-electron chi connectivity index (χ3n) is 2.45. The van der Waals surface area contributed by atoms with Crippen LogP contribution in [0, 0.1) is 5.82 Å². The third-order valence-corrected chi connectivity index (χ3v) is 2.45. The molecule has 1 rings (SSSR count). The Hall–Kier alpha value is -1.45. The van der Waals surface area contributed by atoms with Gasteiger partial charge < -0.3 is 0 Å². The largest absolute Gasteiger partial charge is 0.282 e. The minimum absolute atomic E-state index is 0.0879. The fraction of sp³-hybridized carbons (Fsp3) is 0.462. The fourth-order valence-electron chi connectivity index (χ4n) is 1.47. The lowest BCUT2D eigenvalue weighted by molar-refractivity contribution is -0.0323. The summed E-state index contributed by atoms with van der Waals surface area (Å²) in [5, 5.41) is 0.140. The zero-order valence-electron chi connectivity index (χ0n) is 10.6. The molecule has 0 bridgehead atoms. The second-order valence-corrected chi connectivity index (χ2v) is 4.91. The molecule has 0 heterocycles. The number of carbonyl (C=O) groups excluding carboxylic acids is 1. The molecule has 0 aromatic heterocycles. The van der Waals surface area contributed by atoms with Gasteiger partial charge >= 0.3 is 0 Å². The molecule has 0 atom stereocenters. The quantitative estimate of drug-likeness (QED) is 0.725. The molecule has 1 amide bonds. The van der Waals surface area contributed by atoms with Crippen molar-refractivity contribution in [3.63, 3.8) is 0 Å². The van der Waals surface area contributed by atoms with Gasteiger partial charge in [-0.05, 0) is 44.9 Å². The Morgan fingerprint density at radius 1 is 1.35 bits per heavy atom. The molecular formula is C13H17F2NO. The summed E-state index contributed by atoms with van der Waals surface area (Å²) in [6.07, 6.45) is 0.555. The molecule has 0 saturated carbocycles. The maximum Gasteiger partial charge on any atom is 0.282 e. The summed E-state index contributed by atoms with van der Waals surface area (Å²) in [5.41, 5.74) is -0.206. The van der Waals surface area contributed by atoms with Crippen molar-refractivity contribution in [3.8, 4) is 0 Å². The van der Waals surface area contributed by atoms with Crippen molar-refractivity contribution in [2.75, 3.05) is 0 Å². The Labute approximate surface area is 100 Å². The lowest BCUT2D eigenvalue weighted by Crippen LogP contribution is -2.39. The van der Waals surface area contributed by atoms with E-state index in [1.807, 2.05) is 6.92 Å². The van der Waals surface area contributed by atoms with Gasteiger partial charge in [-0.3, -0.25) is 4.79 Å². The highest BCUT2D eigenvalue weighted by atomic mass is 19.2. The van der Waals surface area contributed by atoms with Crippen LogP contribution in [0.15, 0.2) is 18.2 Å². The van der Waals surface area contributed by atoms with Crippen molar-refractivity contribution >= 4 is 5.91 Å². The summed E-state index contributed by atoms with van der Waals surface area (Å²) in [4.78, 5) is 11.9. The van der Waals surface area contributed by atoms with Crippen molar-refractivity contribution in [1.82, 2.24) is 5.12 Å². The highest BCUT2D eigenvalue weighted by Gasteiger charge is 2.29. The predicted octanol–water partition coefficient (Wildman–Crippen LogP) is 3.51. The van der Waals surface area contributed by atoms with Crippen LogP contribution < -0.4 is 0 Å². The molecule has 0 radical (unpaired) electrons. The van der Waals surface area contributed by atoms with Crippen molar-refractivity contribution in [3.05, 3.63) is 35.1 Å². The number of halogens is 2. The van der Waals surface area contributed by atoms with Gasteiger partial charge in [0, 0.05) is 5.56 Å². The monoisotopic (exact) mass is 241 g/mol. The van der Waals surface area contributed by atoms with Gasteiger partial charge in [0.05, 0.1) is 5.54 Å². The summed E-state index contributed by atoms with van der Waals surface area (Å²) in [7, 11) is 0. The van der Waals surface area contributed by atoms with Gasteiger partial charge in [0.15, 0.2) is 0 Å². The highest BCUT2D eigenvalue weighted by molar-refractivity contribution is 5.95. The van der Waals surface area contributed by atoms with E-state index in [1.165, 1.54) is 12.1 Å². The molecule has 94 valence electrons. The Bertz CT molecular complexity index is 424. The van der Waals surface area contributed by atoms with Crippen LogP contribution in [0.5, 0.6) is 0 Å². The molecule has 0 unspecified atom stereocenters. The zero-order valence-corrected chi connectivity index (χ0v) is 10.6. The Morgan fingerprint density at radius 2 is 1.94 bits per heavy atom. The number of amides is 1. The van der Waals surface area contributed by atoms with Crippen LogP contribution in [0.25, 0.3) is 0 Å². The van der Waals surface area contributed by atoms with Crippen LogP contribution in [0.4, 0.5) is 8.87 Å². The van der Waals surface area contributed by atoms with Crippen molar-refractivity contribution in [2.24, 2.45) is 0 Å². The second kappa shape index (κ2) is 4.82. The van der Waals surface area contributed by atoms with E-state index in [1.54, 1.807) is 20.8 Å². The van der Waals surface area contributed by atoms with E-state index in [9.17, 15) is 13.7 Å². The maximum absolute atomic E-state index is 13.8. The number of rotatable bonds is 2. The molecule has 0 aliphatic heterocycles. The van der Waals surface area contributed by atoms with Gasteiger partial charge in [0.25, 0.3) is 5.91 Å². The zero-order chi connectivity index (χ0) is 13.2. The molecule has 0 aliphatic carbocycles. The average molecular weight is 241 g/mol. The average Bonchev–Trinajstić information content (AvgIpc) is 2.25. The second-order valence-electron chi connectivity index (χ2n) is 4.91. The van der Waals surface area contributed by atoms with Gasteiger partial charge in [0.2, 0.25) is 0 Å². The number of nitrogens with zero attached hydrogens (tertiary/aromatic N) is 1. The van der Waals surface area contributed by atoms with Crippen LogP contribution in [0.2, 0.25) is 0 Å². The summed E-state index contributed by atoms with van der Waals surface area (Å²) in [6, 6.07) is 3.87. The molecule has 1 aromatic rings. The van der Waals surface area contributed by atoms with Crippen molar-refractivity contribution in [1.29, 1.82) is 0 Å². The smallest absolute Gasteiger partial charge is 0.266 e. The summed E-state index contributed by atoms with van der Waals surface area (Å²) in [5.74, 6) is -1.33. The van der Waals surface area contributed by atoms with E-state index < -0.39 is 17.3 Å². The van der Waals surface area contributed by atoms with E-state index in [0.717, 1.165) is 6.07 Å². The first-order valence-electron chi connectivity index (χ1n) is 5.56. The minimum Gasteiger partial charge on any atom is -0.266 e. The Balaban J connectivity index is 3.16. The SMILES string of the molecule is CCc1ccc(F)cc1C(=O)N(F)C(C)(C)C. The van der Waals surface area contributed by atoms with Crippen LogP contribution in [-0.2, 0) is 6.42 Å². The first-order valence-corrected chi connectivity index (χ1v) is 5.56. The molecule has 0 spiro atoms. The van der Waals surface area contributed by atoms with Gasteiger partial charge in [-0.25, -0.2) is 4.39 Å². The molecule has 17 heavy (non-hydrogen) atoms. The van der Waals surface area contributed by atoms with E-state index in [-0.39, 0.29) is 10.7 Å². The summed E-state index contributed by atoms with van der Waals surface area (Å²) < 4.78 is 26.9. The molecule has 0 fully saturated rings. The standard InChI is InChI=1S/C13H17F2NO/c1-5-9-6-7-10(14)8-11(9)12(17)16(15)13(2,3)4/h6-8H,5H2,1-4H3. The minimum atomic E-state index is -0.936. The Morgan fingerprint density at radius 3 is 2.41 bits per heavy atom. The fourth-order valence-corrected chi connectivity index (χ4v) is 1.47. The third kappa shape index (κ3) is 3.02. The van der Waals surface area contributed by atoms with Crippen molar-refractivity contribution in [2.45, 2.75) is 39.7 Å².